The molecule has 5 heteroatoms. The van der Waals surface area contributed by atoms with Gasteiger partial charge in [0.05, 0.1) is 18.8 Å². The second-order valence-corrected chi connectivity index (χ2v) is 9.80. The van der Waals surface area contributed by atoms with Crippen molar-refractivity contribution in [1.82, 2.24) is 4.90 Å². The highest BCUT2D eigenvalue weighted by Crippen LogP contribution is 2.60. The number of amides is 1. The maximum absolute atomic E-state index is 12.9. The average Bonchev–Trinajstić information content (AvgIpc) is 2.62. The van der Waals surface area contributed by atoms with E-state index >= 15 is 0 Å². The van der Waals surface area contributed by atoms with E-state index in [1.807, 2.05) is 11.8 Å². The molecule has 0 spiro atoms. The number of fused-ring (bicyclic) bond motifs is 1. The van der Waals surface area contributed by atoms with Crippen LogP contribution in [-0.4, -0.2) is 58.0 Å². The number of hydrogen-bond acceptors (Lipinski definition) is 4. The molecule has 3 rings (SSSR count). The van der Waals surface area contributed by atoms with Crippen LogP contribution in [-0.2, 0) is 4.79 Å². The van der Waals surface area contributed by atoms with Crippen LogP contribution in [0.3, 0.4) is 0 Å². The van der Waals surface area contributed by atoms with E-state index in [0.29, 0.717) is 25.2 Å². The van der Waals surface area contributed by atoms with E-state index in [0.717, 1.165) is 38.8 Å². The van der Waals surface area contributed by atoms with Crippen molar-refractivity contribution >= 4 is 5.91 Å². The highest BCUT2D eigenvalue weighted by molar-refractivity contribution is 5.76. The van der Waals surface area contributed by atoms with Crippen LogP contribution in [0.1, 0.15) is 65.7 Å². The predicted octanol–water partition coefficient (Wildman–Crippen LogP) is 2.18. The summed E-state index contributed by atoms with van der Waals surface area (Å²) < 4.78 is 0. The molecule has 3 N–H and O–H groups in total. The lowest BCUT2D eigenvalue weighted by atomic mass is 9.46. The number of hydrogen-bond donors (Lipinski definition) is 3. The minimum absolute atomic E-state index is 0.0464. The Morgan fingerprint density at radius 2 is 1.73 bits per heavy atom. The van der Waals surface area contributed by atoms with E-state index in [-0.39, 0.29) is 29.8 Å². The molecule has 1 aliphatic heterocycles. The Balaban J connectivity index is 1.78. The molecular weight excluding hydrogens is 330 g/mol. The summed E-state index contributed by atoms with van der Waals surface area (Å²) in [5.41, 5.74) is -0.762. The number of carbonyl (C=O) groups excluding carboxylic acids is 1. The molecule has 1 saturated heterocycles. The van der Waals surface area contributed by atoms with Crippen LogP contribution in [0.2, 0.25) is 0 Å². The summed E-state index contributed by atoms with van der Waals surface area (Å²) >= 11 is 0. The van der Waals surface area contributed by atoms with Gasteiger partial charge in [-0.1, -0.05) is 20.8 Å². The van der Waals surface area contributed by atoms with Gasteiger partial charge >= 0.3 is 0 Å². The molecule has 6 unspecified atom stereocenters. The van der Waals surface area contributed by atoms with Gasteiger partial charge in [0.1, 0.15) is 0 Å². The van der Waals surface area contributed by atoms with Crippen LogP contribution in [0.5, 0.6) is 0 Å². The highest BCUT2D eigenvalue weighted by Gasteiger charge is 2.59. The molecule has 1 amide bonds. The average molecular weight is 368 g/mol. The van der Waals surface area contributed by atoms with Crippen LogP contribution in [0.4, 0.5) is 0 Å². The summed E-state index contributed by atoms with van der Waals surface area (Å²) in [4.78, 5) is 14.9. The Morgan fingerprint density at radius 1 is 1.08 bits per heavy atom. The molecule has 2 aliphatic carbocycles. The van der Waals surface area contributed by atoms with Crippen molar-refractivity contribution in [2.75, 3.05) is 19.7 Å². The summed E-state index contributed by atoms with van der Waals surface area (Å²) in [5, 5.41) is 31.4. The van der Waals surface area contributed by atoms with Crippen molar-refractivity contribution in [2.45, 2.75) is 77.9 Å². The molecule has 3 fully saturated rings. The van der Waals surface area contributed by atoms with E-state index in [4.69, 9.17) is 0 Å². The summed E-state index contributed by atoms with van der Waals surface area (Å²) in [7, 11) is 0. The van der Waals surface area contributed by atoms with Crippen LogP contribution in [0.15, 0.2) is 0 Å². The van der Waals surface area contributed by atoms with Crippen LogP contribution < -0.4 is 0 Å². The first-order valence-electron chi connectivity index (χ1n) is 10.5. The fraction of sp³-hybridized carbons (Fsp3) is 0.952. The number of nitrogens with zero attached hydrogens (tertiary/aromatic N) is 1. The summed E-state index contributed by atoms with van der Waals surface area (Å²) in [6.07, 6.45) is 4.42. The number of aliphatic hydroxyl groups excluding tert-OH is 3. The molecule has 3 aliphatic rings. The maximum Gasteiger partial charge on any atom is 0.222 e. The van der Waals surface area contributed by atoms with Gasteiger partial charge in [-0.25, -0.2) is 0 Å². The fourth-order valence-electron chi connectivity index (χ4n) is 6.18. The maximum atomic E-state index is 12.9. The zero-order chi connectivity index (χ0) is 19.1. The molecule has 5 nitrogen and oxygen atoms in total. The van der Waals surface area contributed by atoms with Crippen molar-refractivity contribution < 1.29 is 20.1 Å². The molecule has 0 aromatic heterocycles. The Labute approximate surface area is 157 Å². The smallest absolute Gasteiger partial charge is 0.222 e. The van der Waals surface area contributed by atoms with Gasteiger partial charge in [-0.2, -0.15) is 0 Å². The Morgan fingerprint density at radius 3 is 2.35 bits per heavy atom. The molecule has 0 bridgehead atoms. The first-order chi connectivity index (χ1) is 12.2. The number of rotatable bonds is 3. The normalized spacial score (nSPS) is 44.6. The number of piperidine rings is 1. The van der Waals surface area contributed by atoms with Gasteiger partial charge in [0.15, 0.2) is 0 Å². The zero-order valence-corrected chi connectivity index (χ0v) is 16.7. The summed E-state index contributed by atoms with van der Waals surface area (Å²) in [6.45, 7) is 8.00. The minimum atomic E-state index is -0.547. The summed E-state index contributed by atoms with van der Waals surface area (Å²) in [5.74, 6) is 0.892. The molecule has 1 heterocycles. The zero-order valence-electron chi connectivity index (χ0n) is 16.7. The molecular formula is C21H37NO4. The van der Waals surface area contributed by atoms with E-state index in [1.165, 1.54) is 0 Å². The van der Waals surface area contributed by atoms with E-state index in [9.17, 15) is 20.1 Å². The molecule has 0 aromatic rings. The van der Waals surface area contributed by atoms with Crippen LogP contribution >= 0.6 is 0 Å². The van der Waals surface area contributed by atoms with Crippen molar-refractivity contribution in [3.05, 3.63) is 0 Å². The lowest BCUT2D eigenvalue weighted by molar-refractivity contribution is -0.187. The molecule has 0 radical (unpaired) electrons. The second kappa shape index (κ2) is 7.40. The Hall–Kier alpha value is -0.650. The van der Waals surface area contributed by atoms with Gasteiger partial charge in [0.25, 0.3) is 0 Å². The number of aliphatic hydroxyl groups is 3. The van der Waals surface area contributed by atoms with Crippen LogP contribution in [0, 0.1) is 28.6 Å². The third-order valence-corrected chi connectivity index (χ3v) is 8.24. The number of carbonyl (C=O) groups is 1. The van der Waals surface area contributed by atoms with Gasteiger partial charge in [-0.3, -0.25) is 4.79 Å². The van der Waals surface area contributed by atoms with E-state index < -0.39 is 17.6 Å². The predicted molar refractivity (Wildman–Crippen MR) is 100 cm³/mol. The van der Waals surface area contributed by atoms with Crippen molar-refractivity contribution in [3.8, 4) is 0 Å². The molecule has 0 aromatic carbocycles. The Bertz CT molecular complexity index is 518. The topological polar surface area (TPSA) is 81.0 Å². The minimum Gasteiger partial charge on any atom is -0.396 e. The molecule has 150 valence electrons. The lowest BCUT2D eigenvalue weighted by Crippen LogP contribution is -2.60. The first-order valence-corrected chi connectivity index (χ1v) is 10.5. The molecule has 2 saturated carbocycles. The van der Waals surface area contributed by atoms with Gasteiger partial charge in [-0.15, -0.1) is 0 Å². The first kappa shape index (κ1) is 20.1. The Kier molecular flexibility index (Phi) is 5.72. The van der Waals surface area contributed by atoms with Crippen molar-refractivity contribution in [2.24, 2.45) is 28.6 Å². The largest absolute Gasteiger partial charge is 0.396 e. The number of likely N-dealkylation sites (tertiary alicyclic amines) is 1. The standard InChI is InChI=1S/C21H37NO4/c1-14-7-10-22(11-8-14)19(26)12-15-16(24)4-5-17-20(15,2)9-6-18(25)21(17,3)13-23/h14-18,23-25H,4-13H2,1-3H3. The summed E-state index contributed by atoms with van der Waals surface area (Å²) in [6, 6.07) is 0. The third kappa shape index (κ3) is 3.31. The van der Waals surface area contributed by atoms with Crippen molar-refractivity contribution in [1.29, 1.82) is 0 Å². The van der Waals surface area contributed by atoms with Crippen molar-refractivity contribution in [3.63, 3.8) is 0 Å². The molecule has 6 atom stereocenters. The SMILES string of the molecule is CC1CCN(C(=O)CC2C(O)CCC3C(C)(CO)C(O)CCC23C)CC1. The lowest BCUT2D eigenvalue weighted by Gasteiger charge is -2.60. The van der Waals surface area contributed by atoms with Gasteiger partial charge in [0, 0.05) is 24.9 Å². The second-order valence-electron chi connectivity index (χ2n) is 9.80. The quantitative estimate of drug-likeness (QED) is 0.714. The van der Waals surface area contributed by atoms with E-state index in [2.05, 4.69) is 13.8 Å². The van der Waals surface area contributed by atoms with Gasteiger partial charge in [0.2, 0.25) is 5.91 Å². The fourth-order valence-corrected chi connectivity index (χ4v) is 6.18. The van der Waals surface area contributed by atoms with Crippen LogP contribution in [0.25, 0.3) is 0 Å². The van der Waals surface area contributed by atoms with Gasteiger partial charge in [-0.05, 0) is 61.7 Å². The third-order valence-electron chi connectivity index (χ3n) is 8.24. The highest BCUT2D eigenvalue weighted by atomic mass is 16.3. The van der Waals surface area contributed by atoms with Gasteiger partial charge < -0.3 is 20.2 Å². The van der Waals surface area contributed by atoms with E-state index in [1.54, 1.807) is 0 Å². The monoisotopic (exact) mass is 367 g/mol. The molecule has 26 heavy (non-hydrogen) atoms.